The third-order valence-electron chi connectivity index (χ3n) is 2.59. The van der Waals surface area contributed by atoms with Gasteiger partial charge in [-0.15, -0.1) is 0 Å². The fraction of sp³-hybridized carbons (Fsp3) is 0. The van der Waals surface area contributed by atoms with E-state index in [-0.39, 0.29) is 0 Å². The Labute approximate surface area is 82.8 Å². The Hall–Kier alpha value is -1.82. The van der Waals surface area contributed by atoms with Crippen molar-refractivity contribution in [2.45, 2.75) is 0 Å². The van der Waals surface area contributed by atoms with Gasteiger partial charge >= 0.3 is 0 Å². The molecule has 65 valence electrons. The predicted molar refractivity (Wildman–Crippen MR) is 60.3 cm³/mol. The van der Waals surface area contributed by atoms with Crippen molar-refractivity contribution in [1.82, 2.24) is 0 Å². The van der Waals surface area contributed by atoms with E-state index in [4.69, 9.17) is 0 Å². The maximum absolute atomic E-state index is 3.10. The van der Waals surface area contributed by atoms with Gasteiger partial charge in [0, 0.05) is 0 Å². The molecule has 0 unspecified atom stereocenters. The van der Waals surface area contributed by atoms with Gasteiger partial charge < -0.3 is 0 Å². The molecule has 0 aromatic heterocycles. The summed E-state index contributed by atoms with van der Waals surface area (Å²) in [5.41, 5.74) is 0. The van der Waals surface area contributed by atoms with E-state index in [2.05, 4.69) is 48.5 Å². The molecule has 0 heterocycles. The summed E-state index contributed by atoms with van der Waals surface area (Å²) in [6.07, 6.45) is 0. The number of rotatable bonds is 0. The lowest BCUT2D eigenvalue weighted by Gasteiger charge is -2.02. The molecule has 14 heavy (non-hydrogen) atoms. The van der Waals surface area contributed by atoms with Gasteiger partial charge in [-0.25, -0.2) is 0 Å². The molecule has 0 aliphatic rings. The summed E-state index contributed by atoms with van der Waals surface area (Å²) in [5.74, 6) is 0. The van der Waals surface area contributed by atoms with Crippen LogP contribution in [0, 0.1) is 6.07 Å². The van der Waals surface area contributed by atoms with Crippen LogP contribution < -0.4 is 0 Å². The molecule has 0 aliphatic carbocycles. The minimum Gasteiger partial charge on any atom is -0.0616 e. The molecule has 3 rings (SSSR count). The normalized spacial score (nSPS) is 10.9. The van der Waals surface area contributed by atoms with Gasteiger partial charge in [0.05, 0.1) is 0 Å². The minimum absolute atomic E-state index is 1.26. The van der Waals surface area contributed by atoms with Gasteiger partial charge in [0.1, 0.15) is 0 Å². The van der Waals surface area contributed by atoms with Crippen LogP contribution in [-0.4, -0.2) is 0 Å². The van der Waals surface area contributed by atoms with Crippen molar-refractivity contribution in [2.24, 2.45) is 0 Å². The van der Waals surface area contributed by atoms with Crippen molar-refractivity contribution < 1.29 is 0 Å². The summed E-state index contributed by atoms with van der Waals surface area (Å²) in [6, 6.07) is 22.0. The molecule has 0 heteroatoms. The molecule has 0 N–H and O–H groups in total. The molecule has 0 amide bonds. The zero-order chi connectivity index (χ0) is 9.38. The number of benzene rings is 3. The summed E-state index contributed by atoms with van der Waals surface area (Å²) < 4.78 is 0. The molecular weight excluding hydrogens is 168 g/mol. The molecule has 0 atom stereocenters. The number of hydrogen-bond acceptors (Lipinski definition) is 0. The highest BCUT2D eigenvalue weighted by Crippen LogP contribution is 2.24. The molecule has 0 fully saturated rings. The van der Waals surface area contributed by atoms with Gasteiger partial charge in [-0.05, 0) is 33.7 Å². The van der Waals surface area contributed by atoms with Crippen LogP contribution in [-0.2, 0) is 0 Å². The van der Waals surface area contributed by atoms with Gasteiger partial charge in [-0.2, -0.15) is 0 Å². The van der Waals surface area contributed by atoms with Crippen LogP contribution in [0.15, 0.2) is 54.6 Å². The third kappa shape index (κ3) is 1.01. The second-order valence-corrected chi connectivity index (χ2v) is 3.43. The Balaban J connectivity index is 2.61. The van der Waals surface area contributed by atoms with Crippen molar-refractivity contribution in [3.8, 4) is 0 Å². The van der Waals surface area contributed by atoms with Crippen LogP contribution in [0.4, 0.5) is 0 Å². The molecular formula is C14H9. The highest BCUT2D eigenvalue weighted by molar-refractivity contribution is 6.07. The van der Waals surface area contributed by atoms with Crippen LogP contribution in [0.3, 0.4) is 0 Å². The highest BCUT2D eigenvalue weighted by Gasteiger charge is 1.97. The highest BCUT2D eigenvalue weighted by atomic mass is 14.0. The Morgan fingerprint density at radius 1 is 0.714 bits per heavy atom. The van der Waals surface area contributed by atoms with Gasteiger partial charge in [-0.1, -0.05) is 48.5 Å². The second-order valence-electron chi connectivity index (χ2n) is 3.43. The van der Waals surface area contributed by atoms with Crippen molar-refractivity contribution >= 4 is 21.5 Å². The molecule has 0 aliphatic heterocycles. The van der Waals surface area contributed by atoms with Crippen LogP contribution in [0.25, 0.3) is 21.5 Å². The quantitative estimate of drug-likeness (QED) is 0.458. The molecule has 0 saturated heterocycles. The van der Waals surface area contributed by atoms with E-state index < -0.39 is 0 Å². The molecule has 0 nitrogen and oxygen atoms in total. The van der Waals surface area contributed by atoms with E-state index in [1.807, 2.05) is 12.1 Å². The van der Waals surface area contributed by atoms with Crippen molar-refractivity contribution in [2.75, 3.05) is 0 Å². The first kappa shape index (κ1) is 7.57. The maximum Gasteiger partial charge on any atom is -0.0105 e. The van der Waals surface area contributed by atoms with Crippen molar-refractivity contribution in [3.05, 3.63) is 60.7 Å². The summed E-state index contributed by atoms with van der Waals surface area (Å²) >= 11 is 0. The zero-order valence-electron chi connectivity index (χ0n) is 7.70. The Morgan fingerprint density at radius 2 is 1.50 bits per heavy atom. The van der Waals surface area contributed by atoms with E-state index in [1.54, 1.807) is 0 Å². The van der Waals surface area contributed by atoms with Gasteiger partial charge in [-0.3, -0.25) is 0 Å². The first-order chi connectivity index (χ1) is 6.95. The molecule has 3 aromatic rings. The fourth-order valence-electron chi connectivity index (χ4n) is 1.89. The zero-order valence-corrected chi connectivity index (χ0v) is 7.70. The van der Waals surface area contributed by atoms with Gasteiger partial charge in [0.2, 0.25) is 0 Å². The summed E-state index contributed by atoms with van der Waals surface area (Å²) in [7, 11) is 0. The van der Waals surface area contributed by atoms with Crippen molar-refractivity contribution in [1.29, 1.82) is 0 Å². The largest absolute Gasteiger partial charge is 0.0616 e. The second kappa shape index (κ2) is 2.85. The SMILES string of the molecule is [c]1ccc2c(c1)ccc1ccccc12. The number of fused-ring (bicyclic) bond motifs is 3. The van der Waals surface area contributed by atoms with Crippen molar-refractivity contribution in [3.63, 3.8) is 0 Å². The van der Waals surface area contributed by atoms with Gasteiger partial charge in [0.15, 0.2) is 0 Å². The lowest BCUT2D eigenvalue weighted by atomic mass is 10.0. The average molecular weight is 177 g/mol. The molecule has 0 bridgehead atoms. The minimum atomic E-state index is 1.26. The lowest BCUT2D eigenvalue weighted by Crippen LogP contribution is -1.75. The van der Waals surface area contributed by atoms with Gasteiger partial charge in [0.25, 0.3) is 0 Å². The first-order valence-electron chi connectivity index (χ1n) is 4.73. The average Bonchev–Trinajstić information content (AvgIpc) is 2.29. The summed E-state index contributed by atoms with van der Waals surface area (Å²) in [4.78, 5) is 0. The summed E-state index contributed by atoms with van der Waals surface area (Å²) in [5, 5.41) is 5.18. The topological polar surface area (TPSA) is 0 Å². The molecule has 3 aromatic carbocycles. The van der Waals surface area contributed by atoms with E-state index in [0.29, 0.717) is 0 Å². The van der Waals surface area contributed by atoms with Crippen LogP contribution in [0.2, 0.25) is 0 Å². The number of hydrogen-bond donors (Lipinski definition) is 0. The third-order valence-corrected chi connectivity index (χ3v) is 2.59. The molecule has 1 radical (unpaired) electrons. The Bertz CT molecular complexity index is 539. The van der Waals surface area contributed by atoms with Crippen LogP contribution in [0.1, 0.15) is 0 Å². The van der Waals surface area contributed by atoms with Crippen LogP contribution >= 0.6 is 0 Å². The van der Waals surface area contributed by atoms with E-state index in [1.165, 1.54) is 21.5 Å². The lowest BCUT2D eigenvalue weighted by molar-refractivity contribution is 1.75. The smallest absolute Gasteiger partial charge is 0.0105 e. The fourth-order valence-corrected chi connectivity index (χ4v) is 1.89. The maximum atomic E-state index is 3.10. The monoisotopic (exact) mass is 177 g/mol. The Kier molecular flexibility index (Phi) is 1.54. The van der Waals surface area contributed by atoms with Crippen LogP contribution in [0.5, 0.6) is 0 Å². The van der Waals surface area contributed by atoms with E-state index in [0.717, 1.165) is 0 Å². The van der Waals surface area contributed by atoms with E-state index in [9.17, 15) is 0 Å². The predicted octanol–water partition coefficient (Wildman–Crippen LogP) is 3.79. The first-order valence-corrected chi connectivity index (χ1v) is 4.73. The standard InChI is InChI=1S/C14H9/c1-3-7-13-11(5-1)9-10-12-6-2-4-8-14(12)13/h1,3-10H. The van der Waals surface area contributed by atoms with E-state index >= 15 is 0 Å². The molecule has 0 spiro atoms. The summed E-state index contributed by atoms with van der Waals surface area (Å²) in [6.45, 7) is 0. The Morgan fingerprint density at radius 3 is 2.50 bits per heavy atom. The molecule has 0 saturated carbocycles.